The van der Waals surface area contributed by atoms with Crippen molar-refractivity contribution in [2.45, 2.75) is 32.0 Å². The van der Waals surface area contributed by atoms with Gasteiger partial charge in [-0.3, -0.25) is 9.59 Å². The summed E-state index contributed by atoms with van der Waals surface area (Å²) in [5.41, 5.74) is 5.76. The second-order valence-electron chi connectivity index (χ2n) is 10.9. The van der Waals surface area contributed by atoms with Crippen molar-refractivity contribution in [2.24, 2.45) is 0 Å². The van der Waals surface area contributed by atoms with Gasteiger partial charge in [0.15, 0.2) is 5.65 Å². The van der Waals surface area contributed by atoms with Crippen molar-refractivity contribution in [1.29, 1.82) is 0 Å². The third-order valence-electron chi connectivity index (χ3n) is 7.73. The molecule has 2 aromatic carbocycles. The van der Waals surface area contributed by atoms with Crippen LogP contribution in [-0.4, -0.2) is 63.0 Å². The third-order valence-corrected chi connectivity index (χ3v) is 8.54. The number of halogens is 2. The van der Waals surface area contributed by atoms with E-state index >= 15 is 0 Å². The van der Waals surface area contributed by atoms with E-state index in [1.807, 2.05) is 60.8 Å². The number of pyridine rings is 2. The van der Waals surface area contributed by atoms with Crippen molar-refractivity contribution in [3.05, 3.63) is 88.2 Å². The van der Waals surface area contributed by atoms with E-state index in [0.29, 0.717) is 59.0 Å². The van der Waals surface area contributed by atoms with E-state index in [4.69, 9.17) is 38.0 Å². The van der Waals surface area contributed by atoms with Gasteiger partial charge in [0.25, 0.3) is 0 Å². The van der Waals surface area contributed by atoms with Gasteiger partial charge in [0, 0.05) is 72.1 Å². The van der Waals surface area contributed by atoms with E-state index in [9.17, 15) is 9.59 Å². The number of ether oxygens (including phenoxy) is 1. The molecule has 0 unspecified atom stereocenters. The molecule has 1 aliphatic heterocycles. The smallest absolute Gasteiger partial charge is 0.317 e. The maximum Gasteiger partial charge on any atom is 0.317 e. The largest absolute Gasteiger partial charge is 0.481 e. The monoisotopic (exact) mass is 659 g/mol. The molecule has 13 heteroatoms. The van der Waals surface area contributed by atoms with Crippen LogP contribution in [0.5, 0.6) is 5.88 Å². The first-order chi connectivity index (χ1) is 22.3. The molecule has 0 saturated carbocycles. The number of hydrogen-bond acceptors (Lipinski definition) is 8. The lowest BCUT2D eigenvalue weighted by atomic mass is 10.00. The van der Waals surface area contributed by atoms with Crippen LogP contribution in [0.15, 0.2) is 67.0 Å². The quantitative estimate of drug-likeness (QED) is 0.145. The molecule has 236 valence electrons. The normalized spacial score (nSPS) is 14.5. The zero-order valence-electron chi connectivity index (χ0n) is 24.9. The van der Waals surface area contributed by atoms with Gasteiger partial charge in [-0.1, -0.05) is 59.6 Å². The number of benzene rings is 2. The van der Waals surface area contributed by atoms with Gasteiger partial charge in [0.05, 0.1) is 35.1 Å². The van der Waals surface area contributed by atoms with Gasteiger partial charge >= 0.3 is 5.97 Å². The summed E-state index contributed by atoms with van der Waals surface area (Å²) in [7, 11) is 1.58. The molecule has 6 rings (SSSR count). The Morgan fingerprint density at radius 3 is 2.61 bits per heavy atom. The van der Waals surface area contributed by atoms with E-state index in [1.54, 1.807) is 18.0 Å². The van der Waals surface area contributed by atoms with Crippen molar-refractivity contribution in [3.8, 4) is 34.0 Å². The minimum Gasteiger partial charge on any atom is -0.481 e. The number of carbonyl (C=O) groups is 2. The van der Waals surface area contributed by atoms with Crippen molar-refractivity contribution >= 4 is 46.1 Å². The molecule has 3 aromatic heterocycles. The number of aliphatic carboxylic acids is 1. The molecule has 0 bridgehead atoms. The van der Waals surface area contributed by atoms with Crippen molar-refractivity contribution < 1.29 is 19.4 Å². The molecule has 1 fully saturated rings. The zero-order chi connectivity index (χ0) is 32.2. The van der Waals surface area contributed by atoms with Crippen LogP contribution in [0.3, 0.4) is 0 Å². The predicted molar refractivity (Wildman–Crippen MR) is 176 cm³/mol. The highest BCUT2D eigenvalue weighted by molar-refractivity contribution is 6.39. The van der Waals surface area contributed by atoms with E-state index in [-0.39, 0.29) is 18.5 Å². The summed E-state index contributed by atoms with van der Waals surface area (Å²) in [5, 5.41) is 24.4. The third kappa shape index (κ3) is 6.82. The number of carbonyl (C=O) groups excluding carboxylic acids is 1. The van der Waals surface area contributed by atoms with Crippen molar-refractivity contribution in [1.82, 2.24) is 35.7 Å². The Morgan fingerprint density at radius 1 is 1.07 bits per heavy atom. The van der Waals surface area contributed by atoms with Crippen LogP contribution in [-0.2, 0) is 22.7 Å². The predicted octanol–water partition coefficient (Wildman–Crippen LogP) is 5.01. The lowest BCUT2D eigenvalue weighted by molar-refractivity contribution is -0.136. The summed E-state index contributed by atoms with van der Waals surface area (Å²) < 4.78 is 7.30. The fraction of sp³-hybridized carbons (Fsp3) is 0.242. The number of hydrogen-bond donors (Lipinski definition) is 4. The number of nitrogens with zero attached hydrogens (tertiary/aromatic N) is 4. The molecule has 1 amide bonds. The lowest BCUT2D eigenvalue weighted by Crippen LogP contribution is -2.35. The van der Waals surface area contributed by atoms with Crippen LogP contribution >= 0.6 is 23.2 Å². The van der Waals surface area contributed by atoms with Crippen LogP contribution in [0.4, 0.5) is 0 Å². The topological polar surface area (TPSA) is 143 Å². The van der Waals surface area contributed by atoms with Gasteiger partial charge in [-0.2, -0.15) is 0 Å². The molecule has 11 nitrogen and oxygen atoms in total. The Bertz CT molecular complexity index is 1930. The number of aromatic nitrogens is 4. The standard InChI is InChI=1S/C33H31Cl2N7O4/c1-46-33-20(15-37-16-22-9-11-28(43)39-22)8-10-26(40-33)25-6-2-4-23(30(25)34)24-5-3-7-27(31(24)35)42-18-21-12-19(13-36-17-29(44)45)14-38-32(21)41-42/h2-8,10,12,14,18,22,36-37H,9,11,13,15-17H2,1H3,(H,39,43)(H,44,45)/t22-/m0/s1. The first kappa shape index (κ1) is 31.4. The molecular weight excluding hydrogens is 629 g/mol. The van der Waals surface area contributed by atoms with Gasteiger partial charge < -0.3 is 25.8 Å². The number of rotatable bonds is 12. The Labute approximate surface area is 274 Å². The average molecular weight is 661 g/mol. The highest BCUT2D eigenvalue weighted by Crippen LogP contribution is 2.41. The number of nitrogens with one attached hydrogen (secondary N) is 3. The summed E-state index contributed by atoms with van der Waals surface area (Å²) in [4.78, 5) is 31.5. The first-order valence-electron chi connectivity index (χ1n) is 14.7. The Balaban J connectivity index is 1.24. The van der Waals surface area contributed by atoms with Crippen molar-refractivity contribution in [3.63, 3.8) is 0 Å². The van der Waals surface area contributed by atoms with Gasteiger partial charge in [-0.05, 0) is 30.2 Å². The van der Waals surface area contributed by atoms with Gasteiger partial charge in [0.1, 0.15) is 0 Å². The average Bonchev–Trinajstić information content (AvgIpc) is 3.67. The van der Waals surface area contributed by atoms with E-state index in [2.05, 4.69) is 26.0 Å². The van der Waals surface area contributed by atoms with Crippen molar-refractivity contribution in [2.75, 3.05) is 20.2 Å². The summed E-state index contributed by atoms with van der Waals surface area (Å²) in [5.74, 6) is -0.343. The van der Waals surface area contributed by atoms with E-state index in [0.717, 1.165) is 39.6 Å². The Kier molecular flexibility index (Phi) is 9.46. The molecule has 0 spiro atoms. The second kappa shape index (κ2) is 13.8. The molecule has 0 aliphatic carbocycles. The summed E-state index contributed by atoms with van der Waals surface area (Å²) in [6.45, 7) is 1.44. The maximum atomic E-state index is 11.5. The number of amides is 1. The molecule has 4 N–H and O–H groups in total. The van der Waals surface area contributed by atoms with E-state index < -0.39 is 5.97 Å². The Morgan fingerprint density at radius 2 is 1.85 bits per heavy atom. The van der Waals surface area contributed by atoms with Crippen LogP contribution < -0.4 is 20.7 Å². The molecule has 46 heavy (non-hydrogen) atoms. The lowest BCUT2D eigenvalue weighted by Gasteiger charge is -2.15. The molecule has 4 heterocycles. The SMILES string of the molecule is COc1nc(-c2cccc(-c3cccc(-n4cc5cc(CNCC(=O)O)cnc5n4)c3Cl)c2Cl)ccc1CNC[C@@H]1CCC(=O)N1. The second-order valence-corrected chi connectivity index (χ2v) is 11.7. The van der Waals surface area contributed by atoms with E-state index in [1.165, 1.54) is 0 Å². The fourth-order valence-electron chi connectivity index (χ4n) is 5.48. The van der Waals surface area contributed by atoms with Crippen LogP contribution in [0.1, 0.15) is 24.0 Å². The molecule has 1 aliphatic rings. The molecule has 0 radical (unpaired) electrons. The zero-order valence-corrected chi connectivity index (χ0v) is 26.4. The fourth-order valence-corrected chi connectivity index (χ4v) is 6.12. The highest BCUT2D eigenvalue weighted by Gasteiger charge is 2.21. The van der Waals surface area contributed by atoms with Gasteiger partial charge in [0.2, 0.25) is 11.8 Å². The van der Waals surface area contributed by atoms with Gasteiger partial charge in [-0.25, -0.2) is 14.6 Å². The minimum absolute atomic E-state index is 0.0918. The highest BCUT2D eigenvalue weighted by atomic mass is 35.5. The van der Waals surface area contributed by atoms with Crippen LogP contribution in [0.2, 0.25) is 10.0 Å². The number of methoxy groups -OCH3 is 1. The molecule has 1 atom stereocenters. The minimum atomic E-state index is -0.923. The summed E-state index contributed by atoms with van der Waals surface area (Å²) >= 11 is 14.0. The summed E-state index contributed by atoms with van der Waals surface area (Å²) in [6.07, 6.45) is 4.90. The molecular formula is C33H31Cl2N7O4. The number of fused-ring (bicyclic) bond motifs is 1. The first-order valence-corrected chi connectivity index (χ1v) is 15.4. The maximum absolute atomic E-state index is 11.5. The van der Waals surface area contributed by atoms with Crippen LogP contribution in [0.25, 0.3) is 39.1 Å². The number of carboxylic acids is 1. The van der Waals surface area contributed by atoms with Gasteiger partial charge in [-0.15, -0.1) is 5.10 Å². The van der Waals surface area contributed by atoms with Crippen LogP contribution in [0, 0.1) is 0 Å². The molecule has 1 saturated heterocycles. The Hall–Kier alpha value is -4.55. The number of carboxylic acid groups (broad SMARTS) is 1. The summed E-state index contributed by atoms with van der Waals surface area (Å²) in [6, 6.07) is 17.3. The molecule has 5 aromatic rings.